The van der Waals surface area contributed by atoms with E-state index in [9.17, 15) is 10.2 Å². The van der Waals surface area contributed by atoms with Crippen LogP contribution < -0.4 is 9.47 Å². The molecule has 250 valence electrons. The normalized spacial score (nSPS) is 13.0. The average molecular weight is 703 g/mol. The van der Waals surface area contributed by atoms with Crippen molar-refractivity contribution in [3.63, 3.8) is 0 Å². The average Bonchev–Trinajstić information content (AvgIpc) is 3.97. The number of hydrogen-bond donors (Lipinski definition) is 2. The fourth-order valence-electron chi connectivity index (χ4n) is 7.75. The quantitative estimate of drug-likeness (QED) is 0.149. The van der Waals surface area contributed by atoms with E-state index < -0.39 is 5.41 Å². The summed E-state index contributed by atoms with van der Waals surface area (Å²) in [4.78, 5) is 0. The van der Waals surface area contributed by atoms with Gasteiger partial charge in [0.1, 0.15) is 24.7 Å². The van der Waals surface area contributed by atoms with Gasteiger partial charge in [-0.3, -0.25) is 0 Å². The summed E-state index contributed by atoms with van der Waals surface area (Å²) in [7, 11) is 0. The van der Waals surface area contributed by atoms with Crippen molar-refractivity contribution in [1.82, 2.24) is 0 Å². The van der Waals surface area contributed by atoms with E-state index in [4.69, 9.17) is 9.47 Å². The number of hydrogen-bond acceptors (Lipinski definition) is 6. The van der Waals surface area contributed by atoms with Gasteiger partial charge in [0, 0.05) is 0 Å². The number of thiophene rings is 2. The van der Waals surface area contributed by atoms with Gasteiger partial charge in [0.15, 0.2) is 0 Å². The van der Waals surface area contributed by atoms with Crippen LogP contribution in [0.4, 0.5) is 0 Å². The zero-order valence-electron chi connectivity index (χ0n) is 27.7. The molecule has 8 aromatic rings. The van der Waals surface area contributed by atoms with Crippen LogP contribution in [0.3, 0.4) is 0 Å². The molecule has 0 fully saturated rings. The SMILES string of the molecule is OCCOc1ccc2cc(C3(c4ccc5cc(OCCO)ccc5c4)c4cc(-c5ccsc5)ccc4-c4ccc(-c5ccsc5)cc43)ccc2c1. The largest absolute Gasteiger partial charge is 0.491 e. The molecule has 0 atom stereocenters. The highest BCUT2D eigenvalue weighted by Gasteiger charge is 2.46. The van der Waals surface area contributed by atoms with Crippen LogP contribution in [0, 0.1) is 0 Å². The summed E-state index contributed by atoms with van der Waals surface area (Å²) < 4.78 is 11.5. The van der Waals surface area contributed by atoms with Crippen molar-refractivity contribution >= 4 is 44.2 Å². The van der Waals surface area contributed by atoms with Crippen LogP contribution in [0.2, 0.25) is 0 Å². The number of fused-ring (bicyclic) bond motifs is 5. The first-order valence-corrected chi connectivity index (χ1v) is 18.9. The first-order valence-electron chi connectivity index (χ1n) is 17.1. The number of aliphatic hydroxyl groups is 2. The highest BCUT2D eigenvalue weighted by Crippen LogP contribution is 2.58. The second-order valence-electron chi connectivity index (χ2n) is 12.9. The summed E-state index contributed by atoms with van der Waals surface area (Å²) in [6.07, 6.45) is 0. The predicted molar refractivity (Wildman–Crippen MR) is 211 cm³/mol. The lowest BCUT2D eigenvalue weighted by molar-refractivity contribution is 0.201. The molecule has 0 saturated carbocycles. The van der Waals surface area contributed by atoms with E-state index in [1.807, 2.05) is 24.3 Å². The molecule has 0 bridgehead atoms. The Kier molecular flexibility index (Phi) is 8.17. The maximum atomic E-state index is 9.33. The van der Waals surface area contributed by atoms with Crippen molar-refractivity contribution in [2.45, 2.75) is 5.41 Å². The maximum absolute atomic E-state index is 9.33. The van der Waals surface area contributed by atoms with Crippen molar-refractivity contribution in [2.75, 3.05) is 26.4 Å². The van der Waals surface area contributed by atoms with E-state index in [1.165, 1.54) is 55.6 Å². The molecule has 0 aliphatic heterocycles. The second-order valence-corrected chi connectivity index (χ2v) is 14.4. The molecule has 0 amide bonds. The second kappa shape index (κ2) is 13.1. The fraction of sp³-hybridized carbons (Fsp3) is 0.111. The maximum Gasteiger partial charge on any atom is 0.120 e. The van der Waals surface area contributed by atoms with E-state index in [0.717, 1.165) is 33.0 Å². The molecule has 1 aliphatic carbocycles. The molecule has 6 heteroatoms. The number of benzene rings is 6. The first kappa shape index (κ1) is 31.7. The summed E-state index contributed by atoms with van der Waals surface area (Å²) in [6.45, 7) is 0.468. The number of rotatable bonds is 10. The number of ether oxygens (including phenoxy) is 2. The molecule has 4 nitrogen and oxygen atoms in total. The molecule has 2 heterocycles. The Balaban J connectivity index is 1.34. The van der Waals surface area contributed by atoms with Crippen LogP contribution in [-0.2, 0) is 5.41 Å². The number of aliphatic hydroxyl groups excluding tert-OH is 2. The van der Waals surface area contributed by atoms with Gasteiger partial charge >= 0.3 is 0 Å². The van der Waals surface area contributed by atoms with Crippen LogP contribution >= 0.6 is 22.7 Å². The molecule has 0 spiro atoms. The highest BCUT2D eigenvalue weighted by molar-refractivity contribution is 7.08. The van der Waals surface area contributed by atoms with E-state index in [-0.39, 0.29) is 26.4 Å². The first-order chi connectivity index (χ1) is 25.1. The topological polar surface area (TPSA) is 58.9 Å². The lowest BCUT2D eigenvalue weighted by Gasteiger charge is -2.35. The van der Waals surface area contributed by atoms with Crippen LogP contribution in [0.1, 0.15) is 22.3 Å². The summed E-state index contributed by atoms with van der Waals surface area (Å²) in [5.41, 5.74) is 11.6. The molecular formula is C45H34O4S2. The molecule has 9 rings (SSSR count). The van der Waals surface area contributed by atoms with E-state index >= 15 is 0 Å². The van der Waals surface area contributed by atoms with Crippen molar-refractivity contribution in [3.8, 4) is 44.9 Å². The molecular weight excluding hydrogens is 669 g/mol. The van der Waals surface area contributed by atoms with Gasteiger partial charge in [-0.25, -0.2) is 0 Å². The fourth-order valence-corrected chi connectivity index (χ4v) is 9.08. The molecule has 1 aliphatic rings. The van der Waals surface area contributed by atoms with E-state index in [2.05, 4.69) is 119 Å². The van der Waals surface area contributed by atoms with Gasteiger partial charge in [0.2, 0.25) is 0 Å². The molecule has 2 N–H and O–H groups in total. The Morgan fingerprint density at radius 1 is 0.451 bits per heavy atom. The van der Waals surface area contributed by atoms with Gasteiger partial charge in [-0.15, -0.1) is 0 Å². The minimum atomic E-state index is -0.636. The Hall–Kier alpha value is -5.24. The van der Waals surface area contributed by atoms with Crippen molar-refractivity contribution < 1.29 is 19.7 Å². The lowest BCUT2D eigenvalue weighted by Crippen LogP contribution is -2.28. The van der Waals surface area contributed by atoms with Gasteiger partial charge in [-0.05, 0) is 159 Å². The highest BCUT2D eigenvalue weighted by atomic mass is 32.1. The van der Waals surface area contributed by atoms with Crippen LogP contribution in [0.25, 0.3) is 54.9 Å². The third-order valence-corrected chi connectivity index (χ3v) is 11.4. The zero-order valence-corrected chi connectivity index (χ0v) is 29.3. The van der Waals surface area contributed by atoms with Crippen LogP contribution in [-0.4, -0.2) is 36.6 Å². The van der Waals surface area contributed by atoms with Crippen molar-refractivity contribution in [1.29, 1.82) is 0 Å². The van der Waals surface area contributed by atoms with E-state index in [0.29, 0.717) is 0 Å². The predicted octanol–water partition coefficient (Wildman–Crippen LogP) is 10.6. The lowest BCUT2D eigenvalue weighted by atomic mass is 9.66. The summed E-state index contributed by atoms with van der Waals surface area (Å²) in [5, 5.41) is 31.8. The Morgan fingerprint density at radius 2 is 0.902 bits per heavy atom. The molecule has 2 aromatic heterocycles. The standard InChI is InChI=1S/C45H34O4S2/c46-15-17-48-39-9-3-29-21-37(7-1-31(29)23-39)45(38-8-2-32-24-40(49-18-16-47)10-4-30(32)22-38)43-25-33(35-13-19-50-27-35)5-11-41(43)42-12-6-34(26-44(42)45)36-14-20-51-28-36/h1-14,19-28,46-47H,15-18H2. The smallest absolute Gasteiger partial charge is 0.120 e. The third-order valence-electron chi connectivity index (χ3n) is 10.1. The molecule has 0 unspecified atom stereocenters. The Labute approximate surface area is 304 Å². The monoisotopic (exact) mass is 702 g/mol. The third kappa shape index (κ3) is 5.43. The van der Waals surface area contributed by atoms with Crippen LogP contribution in [0.15, 0.2) is 143 Å². The Bertz CT molecular complexity index is 2340. The minimum Gasteiger partial charge on any atom is -0.491 e. The van der Waals surface area contributed by atoms with Gasteiger partial charge in [0.25, 0.3) is 0 Å². The molecule has 0 saturated heterocycles. The van der Waals surface area contributed by atoms with Gasteiger partial charge in [-0.1, -0.05) is 60.7 Å². The molecule has 0 radical (unpaired) electrons. The van der Waals surface area contributed by atoms with Crippen molar-refractivity contribution in [3.05, 3.63) is 165 Å². The Morgan fingerprint density at radius 3 is 1.33 bits per heavy atom. The zero-order chi connectivity index (χ0) is 34.4. The summed E-state index contributed by atoms with van der Waals surface area (Å²) >= 11 is 3.43. The summed E-state index contributed by atoms with van der Waals surface area (Å²) in [6, 6.07) is 44.3. The van der Waals surface area contributed by atoms with Crippen molar-refractivity contribution in [2.24, 2.45) is 0 Å². The molecule has 51 heavy (non-hydrogen) atoms. The van der Waals surface area contributed by atoms with Gasteiger partial charge < -0.3 is 19.7 Å². The van der Waals surface area contributed by atoms with Crippen LogP contribution in [0.5, 0.6) is 11.5 Å². The van der Waals surface area contributed by atoms with E-state index in [1.54, 1.807) is 22.7 Å². The van der Waals surface area contributed by atoms with Gasteiger partial charge in [0.05, 0.1) is 18.6 Å². The van der Waals surface area contributed by atoms with Gasteiger partial charge in [-0.2, -0.15) is 22.7 Å². The minimum absolute atomic E-state index is 0.0260. The summed E-state index contributed by atoms with van der Waals surface area (Å²) in [5.74, 6) is 1.49. The molecule has 6 aromatic carbocycles.